The first-order valence-corrected chi connectivity index (χ1v) is 9.85. The van der Waals surface area contributed by atoms with E-state index >= 15 is 0 Å². The van der Waals surface area contributed by atoms with Gasteiger partial charge in [0.1, 0.15) is 5.82 Å². The molecule has 8 heteroatoms. The van der Waals surface area contributed by atoms with E-state index in [1.807, 2.05) is 0 Å². The van der Waals surface area contributed by atoms with Crippen LogP contribution in [0.1, 0.15) is 36.5 Å². The summed E-state index contributed by atoms with van der Waals surface area (Å²) in [6.45, 7) is 2.02. The second-order valence-electron chi connectivity index (χ2n) is 6.83. The minimum atomic E-state index is -0.590. The first kappa shape index (κ1) is 20.9. The van der Waals surface area contributed by atoms with Gasteiger partial charge in [0.05, 0.1) is 29.4 Å². The molecule has 0 aliphatic heterocycles. The molecule has 154 valence electrons. The van der Waals surface area contributed by atoms with Crippen LogP contribution in [0.15, 0.2) is 36.4 Å². The van der Waals surface area contributed by atoms with Crippen molar-refractivity contribution in [3.8, 4) is 0 Å². The lowest BCUT2D eigenvalue weighted by Gasteiger charge is -2.23. The number of anilines is 3. The van der Waals surface area contributed by atoms with Gasteiger partial charge in [-0.25, -0.2) is 4.39 Å². The molecule has 0 spiro atoms. The summed E-state index contributed by atoms with van der Waals surface area (Å²) in [6.07, 6.45) is 2.20. The molecule has 0 heterocycles. The molecule has 6 nitrogen and oxygen atoms in total. The Hall–Kier alpha value is -2.80. The zero-order chi connectivity index (χ0) is 21.0. The van der Waals surface area contributed by atoms with Gasteiger partial charge in [-0.3, -0.25) is 9.59 Å². The number of hydrogen-bond acceptors (Lipinski definition) is 5. The molecule has 0 bridgehead atoms. The Morgan fingerprint density at radius 2 is 2.03 bits per heavy atom. The topological polar surface area (TPSA) is 84.7 Å². The summed E-state index contributed by atoms with van der Waals surface area (Å²) in [6, 6.07) is 9.44. The molecule has 1 aliphatic carbocycles. The largest absolute Gasteiger partial charge is 0.466 e. The van der Waals surface area contributed by atoms with Crippen LogP contribution >= 0.6 is 11.6 Å². The number of rotatable bonds is 8. The molecule has 0 saturated heterocycles. The molecule has 1 fully saturated rings. The lowest BCUT2D eigenvalue weighted by Crippen LogP contribution is -2.33. The normalized spacial score (nSPS) is 13.1. The van der Waals surface area contributed by atoms with E-state index in [0.717, 1.165) is 18.5 Å². The molecular weight excluding hydrogens is 397 g/mol. The minimum absolute atomic E-state index is 0.00855. The third-order valence-corrected chi connectivity index (χ3v) is 4.83. The number of hydrogen-bond donors (Lipinski definition) is 2. The molecule has 3 rings (SSSR count). The van der Waals surface area contributed by atoms with E-state index in [1.54, 1.807) is 25.1 Å². The number of carbonyl (C=O) groups is 2. The van der Waals surface area contributed by atoms with Crippen LogP contribution < -0.4 is 16.0 Å². The van der Waals surface area contributed by atoms with E-state index in [0.29, 0.717) is 23.0 Å². The summed E-state index contributed by atoms with van der Waals surface area (Å²) in [5.74, 6) is -1.39. The van der Waals surface area contributed by atoms with Crippen LogP contribution in [0.5, 0.6) is 0 Å². The Morgan fingerprint density at radius 3 is 2.66 bits per heavy atom. The molecule has 2 aromatic rings. The molecule has 3 N–H and O–H groups in total. The summed E-state index contributed by atoms with van der Waals surface area (Å²) < 4.78 is 18.5. The van der Waals surface area contributed by atoms with Crippen LogP contribution in [-0.4, -0.2) is 31.1 Å². The van der Waals surface area contributed by atoms with Gasteiger partial charge in [0, 0.05) is 23.8 Å². The third-order valence-electron chi connectivity index (χ3n) is 4.54. The van der Waals surface area contributed by atoms with E-state index in [4.69, 9.17) is 22.1 Å². The number of amides is 1. The van der Waals surface area contributed by atoms with Gasteiger partial charge >= 0.3 is 5.97 Å². The second kappa shape index (κ2) is 9.13. The highest BCUT2D eigenvalue weighted by molar-refractivity contribution is 6.31. The van der Waals surface area contributed by atoms with Crippen molar-refractivity contribution in [1.29, 1.82) is 0 Å². The quantitative estimate of drug-likeness (QED) is 0.494. The van der Waals surface area contributed by atoms with Crippen molar-refractivity contribution in [2.24, 2.45) is 0 Å². The molecule has 2 aromatic carbocycles. The maximum Gasteiger partial charge on any atom is 0.307 e. The zero-order valence-corrected chi connectivity index (χ0v) is 16.8. The fourth-order valence-electron chi connectivity index (χ4n) is 2.87. The van der Waals surface area contributed by atoms with Crippen molar-refractivity contribution in [1.82, 2.24) is 0 Å². The fraction of sp³-hybridized carbons (Fsp3) is 0.333. The van der Waals surface area contributed by atoms with Gasteiger partial charge in [0.2, 0.25) is 0 Å². The second-order valence-corrected chi connectivity index (χ2v) is 7.24. The molecule has 0 atom stereocenters. The average molecular weight is 420 g/mol. The molecule has 1 saturated carbocycles. The van der Waals surface area contributed by atoms with Gasteiger partial charge < -0.3 is 20.7 Å². The Morgan fingerprint density at radius 1 is 1.28 bits per heavy atom. The van der Waals surface area contributed by atoms with Crippen molar-refractivity contribution in [3.05, 3.63) is 52.8 Å². The van der Waals surface area contributed by atoms with Crippen LogP contribution in [-0.2, 0) is 9.53 Å². The lowest BCUT2D eigenvalue weighted by atomic mass is 10.1. The summed E-state index contributed by atoms with van der Waals surface area (Å²) >= 11 is 5.89. The van der Waals surface area contributed by atoms with Crippen LogP contribution in [0.3, 0.4) is 0 Å². The minimum Gasteiger partial charge on any atom is -0.466 e. The van der Waals surface area contributed by atoms with E-state index in [2.05, 4.69) is 5.32 Å². The predicted octanol–water partition coefficient (Wildman–Crippen LogP) is 4.24. The number of carbonyl (C=O) groups excluding carboxylic acids is 2. The number of esters is 1. The van der Waals surface area contributed by atoms with Crippen LogP contribution in [0.4, 0.5) is 21.5 Å². The Kier molecular flexibility index (Phi) is 6.59. The summed E-state index contributed by atoms with van der Waals surface area (Å²) in [5, 5.41) is 3.20. The molecule has 29 heavy (non-hydrogen) atoms. The van der Waals surface area contributed by atoms with Crippen molar-refractivity contribution < 1.29 is 18.7 Å². The number of nitrogen functional groups attached to an aromatic ring is 1. The van der Waals surface area contributed by atoms with Gasteiger partial charge in [0.15, 0.2) is 0 Å². The number of ether oxygens (including phenoxy) is 1. The molecule has 1 aliphatic rings. The fourth-order valence-corrected chi connectivity index (χ4v) is 3.04. The van der Waals surface area contributed by atoms with E-state index in [-0.39, 0.29) is 30.5 Å². The van der Waals surface area contributed by atoms with Crippen LogP contribution in [0.2, 0.25) is 5.02 Å². The van der Waals surface area contributed by atoms with Crippen LogP contribution in [0.25, 0.3) is 0 Å². The molecule has 1 amide bonds. The van der Waals surface area contributed by atoms with Crippen molar-refractivity contribution >= 4 is 40.5 Å². The smallest absolute Gasteiger partial charge is 0.307 e. The lowest BCUT2D eigenvalue weighted by molar-refractivity contribution is -0.142. The van der Waals surface area contributed by atoms with E-state index in [9.17, 15) is 14.0 Å². The number of nitrogens with two attached hydrogens (primary N) is 1. The molecule has 0 aromatic heterocycles. The molecular formula is C21H23ClFN3O3. The SMILES string of the molecule is CCOC(=O)CCN(C(=O)c1ccc(NC2CC2)c(N)c1)c1ccc(F)c(Cl)c1. The standard InChI is InChI=1S/C21H23ClFN3O3/c1-2-29-20(27)9-10-26(15-6-7-17(23)16(22)12-15)21(28)13-3-8-19(18(24)11-13)25-14-4-5-14/h3,6-8,11-12,14,25H,2,4-5,9-10,24H2,1H3. The maximum absolute atomic E-state index is 13.6. The Balaban J connectivity index is 1.85. The molecule has 0 unspecified atom stereocenters. The van der Waals surface area contributed by atoms with E-state index < -0.39 is 11.8 Å². The van der Waals surface area contributed by atoms with Gasteiger partial charge in [-0.1, -0.05) is 11.6 Å². The van der Waals surface area contributed by atoms with Gasteiger partial charge in [-0.05, 0) is 56.2 Å². The first-order valence-electron chi connectivity index (χ1n) is 9.47. The zero-order valence-electron chi connectivity index (χ0n) is 16.1. The highest BCUT2D eigenvalue weighted by Gasteiger charge is 2.23. The Bertz CT molecular complexity index is 918. The third kappa shape index (κ3) is 5.38. The summed E-state index contributed by atoms with van der Waals surface area (Å²) in [4.78, 5) is 26.3. The van der Waals surface area contributed by atoms with Crippen molar-refractivity contribution in [3.63, 3.8) is 0 Å². The van der Waals surface area contributed by atoms with Crippen molar-refractivity contribution in [2.75, 3.05) is 29.1 Å². The number of nitrogens with zero attached hydrogens (tertiary/aromatic N) is 1. The molecule has 0 radical (unpaired) electrons. The highest BCUT2D eigenvalue weighted by atomic mass is 35.5. The van der Waals surface area contributed by atoms with Crippen LogP contribution in [0, 0.1) is 5.82 Å². The van der Waals surface area contributed by atoms with Gasteiger partial charge in [-0.15, -0.1) is 0 Å². The summed E-state index contributed by atoms with van der Waals surface area (Å²) in [7, 11) is 0. The van der Waals surface area contributed by atoms with Crippen molar-refractivity contribution in [2.45, 2.75) is 32.2 Å². The monoisotopic (exact) mass is 419 g/mol. The number of benzene rings is 2. The average Bonchev–Trinajstić information content (AvgIpc) is 3.50. The van der Waals surface area contributed by atoms with Gasteiger partial charge in [-0.2, -0.15) is 0 Å². The Labute approximate surface area is 173 Å². The van der Waals surface area contributed by atoms with E-state index in [1.165, 1.54) is 23.1 Å². The summed E-state index contributed by atoms with van der Waals surface area (Å²) in [5.41, 5.74) is 8.08. The number of nitrogens with one attached hydrogen (secondary N) is 1. The van der Waals surface area contributed by atoms with Gasteiger partial charge in [0.25, 0.3) is 5.91 Å². The maximum atomic E-state index is 13.6. The highest BCUT2D eigenvalue weighted by Crippen LogP contribution is 2.30. The number of halogens is 2. The first-order chi connectivity index (χ1) is 13.9. The predicted molar refractivity (Wildman–Crippen MR) is 112 cm³/mol.